The Bertz CT molecular complexity index is 248. The summed E-state index contributed by atoms with van der Waals surface area (Å²) in [6.45, 7) is 5.67. The van der Waals surface area contributed by atoms with E-state index in [1.165, 1.54) is 25.9 Å². The summed E-state index contributed by atoms with van der Waals surface area (Å²) in [5.74, 6) is 0.660. The Labute approximate surface area is 97.8 Å². The Balaban J connectivity index is 1.72. The molecule has 1 aliphatic heterocycles. The third kappa shape index (κ3) is 2.57. The Morgan fingerprint density at radius 1 is 1.38 bits per heavy atom. The standard InChI is InChI=1S/C13H23NO2/c1-2-4-10-7-14(8-10)9-11-5-3-6-12(11)13(15)16/h10-12H,2-9H2,1H3,(H,15,16). The van der Waals surface area contributed by atoms with Crippen LogP contribution in [0, 0.1) is 17.8 Å². The maximum absolute atomic E-state index is 11.0. The van der Waals surface area contributed by atoms with E-state index in [9.17, 15) is 4.79 Å². The second-order valence-electron chi connectivity index (χ2n) is 5.51. The molecule has 0 aromatic rings. The fourth-order valence-corrected chi connectivity index (χ4v) is 3.33. The van der Waals surface area contributed by atoms with Crippen LogP contribution in [0.4, 0.5) is 0 Å². The second kappa shape index (κ2) is 5.17. The maximum atomic E-state index is 11.0. The van der Waals surface area contributed by atoms with Crippen molar-refractivity contribution >= 4 is 5.97 Å². The van der Waals surface area contributed by atoms with Crippen molar-refractivity contribution in [3.8, 4) is 0 Å². The van der Waals surface area contributed by atoms with Crippen molar-refractivity contribution in [2.75, 3.05) is 19.6 Å². The summed E-state index contributed by atoms with van der Waals surface area (Å²) in [5.41, 5.74) is 0. The van der Waals surface area contributed by atoms with Gasteiger partial charge in [0.25, 0.3) is 0 Å². The summed E-state index contributed by atoms with van der Waals surface area (Å²) in [6, 6.07) is 0. The Morgan fingerprint density at radius 2 is 2.12 bits per heavy atom. The Kier molecular flexibility index (Phi) is 3.85. The normalized spacial score (nSPS) is 31.6. The zero-order chi connectivity index (χ0) is 11.5. The number of aliphatic carboxylic acids is 1. The molecular weight excluding hydrogens is 202 g/mol. The smallest absolute Gasteiger partial charge is 0.306 e. The zero-order valence-electron chi connectivity index (χ0n) is 10.2. The molecule has 1 N–H and O–H groups in total. The van der Waals surface area contributed by atoms with E-state index in [0.29, 0.717) is 5.92 Å². The first-order valence-electron chi connectivity index (χ1n) is 6.66. The van der Waals surface area contributed by atoms with Crippen molar-refractivity contribution < 1.29 is 9.90 Å². The number of carboxylic acid groups (broad SMARTS) is 1. The lowest BCUT2D eigenvalue weighted by Crippen LogP contribution is -2.49. The Hall–Kier alpha value is -0.570. The van der Waals surface area contributed by atoms with Crippen molar-refractivity contribution in [2.45, 2.75) is 39.0 Å². The molecule has 1 aliphatic carbocycles. The van der Waals surface area contributed by atoms with Gasteiger partial charge in [0.05, 0.1) is 5.92 Å². The van der Waals surface area contributed by atoms with Crippen LogP contribution in [-0.2, 0) is 4.79 Å². The van der Waals surface area contributed by atoms with Crippen LogP contribution >= 0.6 is 0 Å². The molecule has 0 bridgehead atoms. The third-order valence-corrected chi connectivity index (χ3v) is 4.20. The summed E-state index contributed by atoms with van der Waals surface area (Å²) in [7, 11) is 0. The van der Waals surface area contributed by atoms with Crippen LogP contribution in [0.1, 0.15) is 39.0 Å². The molecule has 1 saturated carbocycles. The molecule has 0 spiro atoms. The summed E-state index contributed by atoms with van der Waals surface area (Å²) >= 11 is 0. The lowest BCUT2D eigenvalue weighted by atomic mass is 9.90. The molecule has 0 aromatic carbocycles. The van der Waals surface area contributed by atoms with Crippen LogP contribution in [0.5, 0.6) is 0 Å². The summed E-state index contributed by atoms with van der Waals surface area (Å²) in [6.07, 6.45) is 5.73. The van der Waals surface area contributed by atoms with Crippen molar-refractivity contribution in [3.05, 3.63) is 0 Å². The number of hydrogen-bond donors (Lipinski definition) is 1. The van der Waals surface area contributed by atoms with Crippen LogP contribution in [0.15, 0.2) is 0 Å². The molecule has 2 atom stereocenters. The van der Waals surface area contributed by atoms with E-state index in [4.69, 9.17) is 5.11 Å². The van der Waals surface area contributed by atoms with E-state index in [1.807, 2.05) is 0 Å². The van der Waals surface area contributed by atoms with Crippen LogP contribution < -0.4 is 0 Å². The van der Waals surface area contributed by atoms with Crippen LogP contribution in [0.3, 0.4) is 0 Å². The highest BCUT2D eigenvalue weighted by Crippen LogP contribution is 2.34. The van der Waals surface area contributed by atoms with Gasteiger partial charge in [-0.15, -0.1) is 0 Å². The summed E-state index contributed by atoms with van der Waals surface area (Å²) < 4.78 is 0. The number of rotatable bonds is 5. The molecule has 2 fully saturated rings. The quantitative estimate of drug-likeness (QED) is 0.780. The van der Waals surface area contributed by atoms with E-state index >= 15 is 0 Å². The van der Waals surface area contributed by atoms with E-state index in [1.54, 1.807) is 0 Å². The van der Waals surface area contributed by atoms with Gasteiger partial charge >= 0.3 is 5.97 Å². The molecule has 1 saturated heterocycles. The highest BCUT2D eigenvalue weighted by molar-refractivity contribution is 5.70. The van der Waals surface area contributed by atoms with Gasteiger partial charge in [-0.25, -0.2) is 0 Å². The van der Waals surface area contributed by atoms with Crippen LogP contribution in [0.2, 0.25) is 0 Å². The first-order valence-corrected chi connectivity index (χ1v) is 6.66. The van der Waals surface area contributed by atoms with Crippen molar-refractivity contribution in [1.29, 1.82) is 0 Å². The fraction of sp³-hybridized carbons (Fsp3) is 0.923. The monoisotopic (exact) mass is 225 g/mol. The zero-order valence-corrected chi connectivity index (χ0v) is 10.2. The molecule has 0 amide bonds. The first kappa shape index (κ1) is 11.9. The molecular formula is C13H23NO2. The van der Waals surface area contributed by atoms with Gasteiger partial charge in [0.2, 0.25) is 0 Å². The van der Waals surface area contributed by atoms with E-state index < -0.39 is 5.97 Å². The lowest BCUT2D eigenvalue weighted by Gasteiger charge is -2.41. The summed E-state index contributed by atoms with van der Waals surface area (Å²) in [4.78, 5) is 13.5. The van der Waals surface area contributed by atoms with Crippen molar-refractivity contribution in [2.24, 2.45) is 17.8 Å². The SMILES string of the molecule is CCCC1CN(CC2CCCC2C(=O)O)C1. The van der Waals surface area contributed by atoms with Gasteiger partial charge in [-0.1, -0.05) is 19.8 Å². The minimum Gasteiger partial charge on any atom is -0.481 e. The van der Waals surface area contributed by atoms with Crippen LogP contribution in [-0.4, -0.2) is 35.6 Å². The second-order valence-corrected chi connectivity index (χ2v) is 5.51. The third-order valence-electron chi connectivity index (χ3n) is 4.20. The predicted octanol–water partition coefficient (Wildman–Crippen LogP) is 2.22. The molecule has 0 radical (unpaired) electrons. The molecule has 3 heteroatoms. The number of nitrogens with zero attached hydrogens (tertiary/aromatic N) is 1. The van der Waals surface area contributed by atoms with Gasteiger partial charge in [0.1, 0.15) is 0 Å². The number of carboxylic acids is 1. The maximum Gasteiger partial charge on any atom is 0.306 e. The molecule has 3 nitrogen and oxygen atoms in total. The highest BCUT2D eigenvalue weighted by Gasteiger charge is 2.36. The highest BCUT2D eigenvalue weighted by atomic mass is 16.4. The van der Waals surface area contributed by atoms with Crippen molar-refractivity contribution in [1.82, 2.24) is 4.90 Å². The molecule has 2 unspecified atom stereocenters. The van der Waals surface area contributed by atoms with Crippen molar-refractivity contribution in [3.63, 3.8) is 0 Å². The minimum absolute atomic E-state index is 0.0646. The lowest BCUT2D eigenvalue weighted by molar-refractivity contribution is -0.143. The molecule has 16 heavy (non-hydrogen) atoms. The summed E-state index contributed by atoms with van der Waals surface area (Å²) in [5, 5.41) is 9.10. The van der Waals surface area contributed by atoms with E-state index in [2.05, 4.69) is 11.8 Å². The fourth-order valence-electron chi connectivity index (χ4n) is 3.33. The van der Waals surface area contributed by atoms with Gasteiger partial charge in [-0.05, 0) is 31.1 Å². The largest absolute Gasteiger partial charge is 0.481 e. The average Bonchev–Trinajstić information content (AvgIpc) is 2.62. The van der Waals surface area contributed by atoms with Gasteiger partial charge in [0.15, 0.2) is 0 Å². The molecule has 2 aliphatic rings. The van der Waals surface area contributed by atoms with Crippen LogP contribution in [0.25, 0.3) is 0 Å². The molecule has 2 rings (SSSR count). The molecule has 0 aromatic heterocycles. The molecule has 92 valence electrons. The average molecular weight is 225 g/mol. The first-order chi connectivity index (χ1) is 7.70. The molecule has 1 heterocycles. The number of likely N-dealkylation sites (tertiary alicyclic amines) is 1. The number of carbonyl (C=O) groups is 1. The predicted molar refractivity (Wildman–Crippen MR) is 63.3 cm³/mol. The van der Waals surface area contributed by atoms with E-state index in [0.717, 1.165) is 31.7 Å². The van der Waals surface area contributed by atoms with Gasteiger partial charge in [-0.2, -0.15) is 0 Å². The minimum atomic E-state index is -0.576. The number of hydrogen-bond acceptors (Lipinski definition) is 2. The topological polar surface area (TPSA) is 40.5 Å². The van der Waals surface area contributed by atoms with Gasteiger partial charge < -0.3 is 10.0 Å². The Morgan fingerprint density at radius 3 is 2.75 bits per heavy atom. The van der Waals surface area contributed by atoms with E-state index in [-0.39, 0.29) is 5.92 Å². The van der Waals surface area contributed by atoms with Gasteiger partial charge in [0, 0.05) is 19.6 Å². The van der Waals surface area contributed by atoms with Gasteiger partial charge in [-0.3, -0.25) is 4.79 Å².